The molecule has 28 heavy (non-hydrogen) atoms. The number of hydrogen-bond donors (Lipinski definition) is 1. The van der Waals surface area contributed by atoms with E-state index in [1.165, 1.54) is 6.92 Å². The normalized spacial score (nSPS) is 20.2. The zero-order valence-electron chi connectivity index (χ0n) is 16.9. The van der Waals surface area contributed by atoms with Crippen LogP contribution in [0.3, 0.4) is 0 Å². The number of amides is 1. The lowest BCUT2D eigenvalue weighted by Gasteiger charge is -2.35. The second kappa shape index (κ2) is 11.3. The number of carbonyl (C=O) groups excluding carboxylic acids is 1. The second-order valence-corrected chi connectivity index (χ2v) is 7.79. The molecule has 1 aliphatic carbocycles. The fourth-order valence-corrected chi connectivity index (χ4v) is 3.65. The number of nitrogens with one attached hydrogen (secondary N) is 1. The minimum absolute atomic E-state index is 0.00428. The predicted octanol–water partition coefficient (Wildman–Crippen LogP) is 3.64. The average Bonchev–Trinajstić information content (AvgIpc) is 2.61. The van der Waals surface area contributed by atoms with Crippen LogP contribution in [0.25, 0.3) is 0 Å². The van der Waals surface area contributed by atoms with Crippen molar-refractivity contribution in [2.75, 3.05) is 26.9 Å². The van der Waals surface area contributed by atoms with Crippen molar-refractivity contribution < 1.29 is 23.4 Å². The van der Waals surface area contributed by atoms with Crippen molar-refractivity contribution >= 4 is 22.9 Å². The smallest absolute Gasteiger partial charge is 0.250 e. The third-order valence-electron chi connectivity index (χ3n) is 4.27. The third-order valence-corrected chi connectivity index (χ3v) is 5.28. The van der Waals surface area contributed by atoms with Crippen molar-refractivity contribution in [3.05, 3.63) is 24.0 Å². The van der Waals surface area contributed by atoms with Gasteiger partial charge in [0.1, 0.15) is 0 Å². The summed E-state index contributed by atoms with van der Waals surface area (Å²) in [4.78, 5) is 15.4. The Labute approximate surface area is 170 Å². The van der Waals surface area contributed by atoms with E-state index in [-0.39, 0.29) is 23.8 Å². The number of thioether (sulfide) groups is 1. The fraction of sp³-hybridized carbons (Fsp3) is 0.600. The fourth-order valence-electron chi connectivity index (χ4n) is 2.86. The van der Waals surface area contributed by atoms with E-state index < -0.39 is 5.82 Å². The van der Waals surface area contributed by atoms with Gasteiger partial charge in [-0.05, 0) is 56.5 Å². The molecular formula is C20H29FN2O4S. The first kappa shape index (κ1) is 22.5. The van der Waals surface area contributed by atoms with E-state index in [1.807, 2.05) is 13.8 Å². The van der Waals surface area contributed by atoms with Crippen LogP contribution in [-0.4, -0.2) is 50.2 Å². The lowest BCUT2D eigenvalue weighted by molar-refractivity contribution is -0.120. The van der Waals surface area contributed by atoms with E-state index in [0.29, 0.717) is 35.9 Å². The molecule has 1 amide bonds. The van der Waals surface area contributed by atoms with Gasteiger partial charge in [-0.15, -0.1) is 0 Å². The standard InChI is InChI=1S/C20H29FN2O4S/c1-5-25-20(22-4)28-18-8-6-7-17(19(18)21)27-12-15-9-16(10-15)26-11-13(2)23-14(3)24/h6-8,13,15-16H,5,9-12H2,1-4H3,(H,23,24). The van der Waals surface area contributed by atoms with Gasteiger partial charge in [0, 0.05) is 20.0 Å². The first-order valence-electron chi connectivity index (χ1n) is 9.50. The van der Waals surface area contributed by atoms with Gasteiger partial charge in [-0.3, -0.25) is 4.79 Å². The zero-order chi connectivity index (χ0) is 20.5. The Morgan fingerprint density at radius 2 is 2.18 bits per heavy atom. The highest BCUT2D eigenvalue weighted by atomic mass is 32.2. The van der Waals surface area contributed by atoms with Crippen LogP contribution in [0.15, 0.2) is 28.1 Å². The highest BCUT2D eigenvalue weighted by Crippen LogP contribution is 2.33. The summed E-state index contributed by atoms with van der Waals surface area (Å²) in [5, 5.41) is 3.21. The molecule has 0 saturated heterocycles. The molecule has 8 heteroatoms. The summed E-state index contributed by atoms with van der Waals surface area (Å²) in [5.41, 5.74) is 0. The van der Waals surface area contributed by atoms with Crippen LogP contribution in [0.4, 0.5) is 4.39 Å². The topological polar surface area (TPSA) is 69.2 Å². The summed E-state index contributed by atoms with van der Waals surface area (Å²) in [7, 11) is 1.61. The highest BCUT2D eigenvalue weighted by Gasteiger charge is 2.31. The predicted molar refractivity (Wildman–Crippen MR) is 108 cm³/mol. The van der Waals surface area contributed by atoms with Crippen molar-refractivity contribution in [1.82, 2.24) is 5.32 Å². The third kappa shape index (κ3) is 6.98. The molecule has 1 atom stereocenters. The molecule has 2 rings (SSSR count). The van der Waals surface area contributed by atoms with Gasteiger partial charge in [0.2, 0.25) is 5.91 Å². The van der Waals surface area contributed by atoms with E-state index >= 15 is 0 Å². The maximum Gasteiger partial charge on any atom is 0.250 e. The minimum atomic E-state index is -0.399. The Bertz CT molecular complexity index is 680. The molecular weight excluding hydrogens is 383 g/mol. The molecule has 1 unspecified atom stereocenters. The van der Waals surface area contributed by atoms with Gasteiger partial charge in [0.15, 0.2) is 11.6 Å². The molecule has 1 aromatic rings. The first-order valence-corrected chi connectivity index (χ1v) is 10.3. The maximum absolute atomic E-state index is 14.7. The molecule has 1 fully saturated rings. The summed E-state index contributed by atoms with van der Waals surface area (Å²) < 4.78 is 31.5. The van der Waals surface area contributed by atoms with E-state index in [0.717, 1.165) is 24.6 Å². The van der Waals surface area contributed by atoms with Crippen LogP contribution < -0.4 is 10.1 Å². The summed E-state index contributed by atoms with van der Waals surface area (Å²) in [6.45, 7) is 6.68. The van der Waals surface area contributed by atoms with E-state index in [9.17, 15) is 9.18 Å². The molecule has 156 valence electrons. The Hall–Kier alpha value is -1.80. The van der Waals surface area contributed by atoms with E-state index in [4.69, 9.17) is 14.2 Å². The summed E-state index contributed by atoms with van der Waals surface area (Å²) in [6.07, 6.45) is 1.92. The largest absolute Gasteiger partial charge is 0.490 e. The summed E-state index contributed by atoms with van der Waals surface area (Å²) >= 11 is 1.14. The van der Waals surface area contributed by atoms with Gasteiger partial charge in [-0.1, -0.05) is 6.07 Å². The molecule has 1 aliphatic rings. The molecule has 0 spiro atoms. The van der Waals surface area contributed by atoms with Crippen LogP contribution in [0.5, 0.6) is 5.75 Å². The molecule has 0 aromatic heterocycles. The molecule has 0 bridgehead atoms. The average molecular weight is 413 g/mol. The van der Waals surface area contributed by atoms with Gasteiger partial charge < -0.3 is 19.5 Å². The summed E-state index contributed by atoms with van der Waals surface area (Å²) in [6, 6.07) is 5.07. The van der Waals surface area contributed by atoms with Crippen LogP contribution in [0, 0.1) is 11.7 Å². The SMILES string of the molecule is CCOC(=NC)Sc1cccc(OCC2CC(OCC(C)NC(C)=O)C2)c1F. The number of hydrogen-bond acceptors (Lipinski definition) is 6. The first-order chi connectivity index (χ1) is 13.4. The zero-order valence-corrected chi connectivity index (χ0v) is 17.7. The van der Waals surface area contributed by atoms with Gasteiger partial charge in [-0.25, -0.2) is 9.38 Å². The molecule has 0 aliphatic heterocycles. The monoisotopic (exact) mass is 412 g/mol. The number of rotatable bonds is 9. The minimum Gasteiger partial charge on any atom is -0.490 e. The number of benzene rings is 1. The van der Waals surface area contributed by atoms with E-state index in [2.05, 4.69) is 10.3 Å². The maximum atomic E-state index is 14.7. The number of nitrogens with zero attached hydrogens (tertiary/aromatic N) is 1. The van der Waals surface area contributed by atoms with E-state index in [1.54, 1.807) is 25.2 Å². The van der Waals surface area contributed by atoms with Crippen molar-refractivity contribution in [2.45, 2.75) is 50.7 Å². The van der Waals surface area contributed by atoms with Crippen molar-refractivity contribution in [3.63, 3.8) is 0 Å². The van der Waals surface area contributed by atoms with Gasteiger partial charge >= 0.3 is 0 Å². The quantitative estimate of drug-likeness (QED) is 0.381. The number of ether oxygens (including phenoxy) is 3. The Balaban J connectivity index is 1.75. The molecule has 0 heterocycles. The van der Waals surface area contributed by atoms with Crippen molar-refractivity contribution in [2.24, 2.45) is 10.9 Å². The highest BCUT2D eigenvalue weighted by molar-refractivity contribution is 8.13. The van der Waals surface area contributed by atoms with Crippen LogP contribution in [-0.2, 0) is 14.3 Å². The molecule has 0 radical (unpaired) electrons. The van der Waals surface area contributed by atoms with Crippen LogP contribution in [0.2, 0.25) is 0 Å². The number of halogens is 1. The molecule has 1 N–H and O–H groups in total. The number of aliphatic imine (C=N–C) groups is 1. The Kier molecular flexibility index (Phi) is 9.05. The molecule has 6 nitrogen and oxygen atoms in total. The lowest BCUT2D eigenvalue weighted by Crippen LogP contribution is -2.40. The van der Waals surface area contributed by atoms with Gasteiger partial charge in [-0.2, -0.15) is 0 Å². The second-order valence-electron chi connectivity index (χ2n) is 6.80. The summed E-state index contributed by atoms with van der Waals surface area (Å²) in [5.74, 6) is 0.121. The Morgan fingerprint density at radius 1 is 1.43 bits per heavy atom. The van der Waals surface area contributed by atoms with Crippen molar-refractivity contribution in [3.8, 4) is 5.75 Å². The van der Waals surface area contributed by atoms with Crippen LogP contribution in [0.1, 0.15) is 33.6 Å². The van der Waals surface area contributed by atoms with Crippen molar-refractivity contribution in [1.29, 1.82) is 0 Å². The lowest BCUT2D eigenvalue weighted by atomic mass is 9.83. The van der Waals surface area contributed by atoms with Gasteiger partial charge in [0.05, 0.1) is 30.8 Å². The van der Waals surface area contributed by atoms with Crippen LogP contribution >= 0.6 is 11.8 Å². The van der Waals surface area contributed by atoms with Gasteiger partial charge in [0.25, 0.3) is 5.23 Å². The molecule has 1 aromatic carbocycles. The number of carbonyl (C=O) groups is 1. The molecule has 1 saturated carbocycles. The Morgan fingerprint density at radius 3 is 2.82 bits per heavy atom.